The van der Waals surface area contributed by atoms with Crippen molar-refractivity contribution in [3.63, 3.8) is 0 Å². The van der Waals surface area contributed by atoms with E-state index in [9.17, 15) is 0 Å². The van der Waals surface area contributed by atoms with Gasteiger partial charge in [-0.3, -0.25) is 0 Å². The Kier molecular flexibility index (Phi) is 8.88. The third kappa shape index (κ3) is 6.58. The smallest absolute Gasteiger partial charge is 0.0104 e. The van der Waals surface area contributed by atoms with Crippen molar-refractivity contribution in [2.75, 3.05) is 46.3 Å². The molecule has 0 aliphatic carbocycles. The number of nitrogens with one attached hydrogen (secondary N) is 2. The highest BCUT2D eigenvalue weighted by atomic mass is 15.1. The maximum atomic E-state index is 3.35. The molecule has 1 fully saturated rings. The van der Waals surface area contributed by atoms with E-state index in [1.54, 1.807) is 0 Å². The summed E-state index contributed by atoms with van der Waals surface area (Å²) in [5.41, 5.74) is 0. The number of likely N-dealkylation sites (N-methyl/N-ethyl adjacent to an activating group) is 1. The van der Waals surface area contributed by atoms with Crippen LogP contribution in [-0.2, 0) is 0 Å². The molecule has 12 heavy (non-hydrogen) atoms. The topological polar surface area (TPSA) is 27.3 Å². The second kappa shape index (κ2) is 8.97. The second-order valence-corrected chi connectivity index (χ2v) is 2.80. The Bertz CT molecular complexity index is 75.8. The van der Waals surface area contributed by atoms with Crippen LogP contribution in [0, 0.1) is 0 Å². The lowest BCUT2D eigenvalue weighted by Gasteiger charge is -2.13. The molecule has 74 valence electrons. The summed E-state index contributed by atoms with van der Waals surface area (Å²) in [6, 6.07) is 0. The summed E-state index contributed by atoms with van der Waals surface area (Å²) in [7, 11) is 2.16. The highest BCUT2D eigenvalue weighted by Crippen LogP contribution is 1.80. The Labute approximate surface area is 76.5 Å². The van der Waals surface area contributed by atoms with Crippen LogP contribution in [0.25, 0.3) is 0 Å². The van der Waals surface area contributed by atoms with Crippen molar-refractivity contribution < 1.29 is 0 Å². The number of rotatable bonds is 0. The fraction of sp³-hybridized carbons (Fsp3) is 1.00. The third-order valence-corrected chi connectivity index (χ3v) is 1.82. The molecular weight excluding hydrogens is 150 g/mol. The summed E-state index contributed by atoms with van der Waals surface area (Å²) in [4.78, 5) is 2.34. The first-order chi connectivity index (χ1) is 5.89. The van der Waals surface area contributed by atoms with Gasteiger partial charge in [0.05, 0.1) is 0 Å². The molecule has 0 unspecified atom stereocenters. The first kappa shape index (κ1) is 11.9. The van der Waals surface area contributed by atoms with Crippen molar-refractivity contribution in [2.45, 2.75) is 13.8 Å². The Morgan fingerprint density at radius 3 is 1.67 bits per heavy atom. The summed E-state index contributed by atoms with van der Waals surface area (Å²) in [6.07, 6.45) is 0. The maximum absolute atomic E-state index is 3.35. The third-order valence-electron chi connectivity index (χ3n) is 1.82. The molecule has 0 aromatic heterocycles. The van der Waals surface area contributed by atoms with Crippen molar-refractivity contribution in [3.05, 3.63) is 0 Å². The number of nitrogens with zero attached hydrogens (tertiary/aromatic N) is 1. The van der Waals surface area contributed by atoms with Crippen LogP contribution in [0.1, 0.15) is 13.8 Å². The normalized spacial score (nSPS) is 21.2. The second-order valence-electron chi connectivity index (χ2n) is 2.80. The fourth-order valence-electron chi connectivity index (χ4n) is 1.08. The van der Waals surface area contributed by atoms with Gasteiger partial charge in [-0.15, -0.1) is 0 Å². The average Bonchev–Trinajstić information content (AvgIpc) is 2.22. The minimum absolute atomic E-state index is 1.10. The van der Waals surface area contributed by atoms with Crippen LogP contribution < -0.4 is 10.6 Å². The predicted octanol–water partition coefficient (Wildman–Crippen LogP) is 0.137. The van der Waals surface area contributed by atoms with Crippen molar-refractivity contribution in [2.24, 2.45) is 0 Å². The molecule has 1 aliphatic rings. The molecule has 0 bridgehead atoms. The maximum Gasteiger partial charge on any atom is 0.0104 e. The molecule has 1 saturated heterocycles. The van der Waals surface area contributed by atoms with E-state index in [-0.39, 0.29) is 0 Å². The van der Waals surface area contributed by atoms with Gasteiger partial charge < -0.3 is 15.5 Å². The van der Waals surface area contributed by atoms with Gasteiger partial charge in [-0.05, 0) is 7.05 Å². The van der Waals surface area contributed by atoms with E-state index in [0.717, 1.165) is 26.2 Å². The SMILES string of the molecule is CC.CN1CCNCCNCC1. The van der Waals surface area contributed by atoms with Crippen molar-refractivity contribution in [1.29, 1.82) is 0 Å². The zero-order chi connectivity index (χ0) is 9.23. The Morgan fingerprint density at radius 2 is 1.25 bits per heavy atom. The van der Waals surface area contributed by atoms with Crippen molar-refractivity contribution >= 4 is 0 Å². The molecule has 2 N–H and O–H groups in total. The van der Waals surface area contributed by atoms with Crippen LogP contribution in [0.4, 0.5) is 0 Å². The van der Waals surface area contributed by atoms with Crippen LogP contribution in [0.15, 0.2) is 0 Å². The molecule has 0 spiro atoms. The molecule has 0 saturated carbocycles. The van der Waals surface area contributed by atoms with Crippen molar-refractivity contribution in [1.82, 2.24) is 15.5 Å². The van der Waals surface area contributed by atoms with Gasteiger partial charge in [-0.2, -0.15) is 0 Å². The summed E-state index contributed by atoms with van der Waals surface area (Å²) in [5, 5.41) is 6.71. The summed E-state index contributed by atoms with van der Waals surface area (Å²) < 4.78 is 0. The zero-order valence-electron chi connectivity index (χ0n) is 8.69. The molecule has 0 radical (unpaired) electrons. The number of hydrogen-bond donors (Lipinski definition) is 2. The fourth-order valence-corrected chi connectivity index (χ4v) is 1.08. The van der Waals surface area contributed by atoms with Gasteiger partial charge in [0.15, 0.2) is 0 Å². The Balaban J connectivity index is 0.000000561. The predicted molar refractivity (Wildman–Crippen MR) is 54.6 cm³/mol. The quantitative estimate of drug-likeness (QED) is 0.545. The van der Waals surface area contributed by atoms with Crippen LogP contribution in [0.2, 0.25) is 0 Å². The zero-order valence-corrected chi connectivity index (χ0v) is 8.69. The highest BCUT2D eigenvalue weighted by molar-refractivity contribution is 4.61. The summed E-state index contributed by atoms with van der Waals surface area (Å²) in [6.45, 7) is 10.8. The lowest BCUT2D eigenvalue weighted by atomic mass is 10.5. The van der Waals surface area contributed by atoms with E-state index in [4.69, 9.17) is 0 Å². The molecular formula is C9H23N3. The van der Waals surface area contributed by atoms with Gasteiger partial charge in [0.25, 0.3) is 0 Å². The van der Waals surface area contributed by atoms with E-state index in [1.165, 1.54) is 13.1 Å². The van der Waals surface area contributed by atoms with Gasteiger partial charge >= 0.3 is 0 Å². The average molecular weight is 173 g/mol. The van der Waals surface area contributed by atoms with Crippen LogP contribution in [-0.4, -0.2) is 51.2 Å². The molecule has 3 heteroatoms. The Hall–Kier alpha value is -0.120. The van der Waals surface area contributed by atoms with E-state index in [2.05, 4.69) is 22.6 Å². The van der Waals surface area contributed by atoms with Gasteiger partial charge in [0.1, 0.15) is 0 Å². The number of hydrogen-bond acceptors (Lipinski definition) is 3. The van der Waals surface area contributed by atoms with E-state index >= 15 is 0 Å². The van der Waals surface area contributed by atoms with E-state index < -0.39 is 0 Å². The van der Waals surface area contributed by atoms with E-state index in [0.29, 0.717) is 0 Å². The minimum atomic E-state index is 1.10. The highest BCUT2D eigenvalue weighted by Gasteiger charge is 1.99. The molecule has 1 rings (SSSR count). The van der Waals surface area contributed by atoms with Crippen LogP contribution >= 0.6 is 0 Å². The minimum Gasteiger partial charge on any atom is -0.314 e. The lowest BCUT2D eigenvalue weighted by Crippen LogP contribution is -2.30. The summed E-state index contributed by atoms with van der Waals surface area (Å²) in [5.74, 6) is 0. The standard InChI is InChI=1S/C7H17N3.C2H6/c1-10-6-4-8-2-3-9-5-7-10;1-2/h8-9H,2-7H2,1H3;1-2H3. The molecule has 3 nitrogen and oxygen atoms in total. The Morgan fingerprint density at radius 1 is 0.833 bits per heavy atom. The molecule has 0 aromatic carbocycles. The van der Waals surface area contributed by atoms with E-state index in [1.807, 2.05) is 13.8 Å². The summed E-state index contributed by atoms with van der Waals surface area (Å²) >= 11 is 0. The molecule has 0 amide bonds. The first-order valence-electron chi connectivity index (χ1n) is 4.99. The largest absolute Gasteiger partial charge is 0.314 e. The molecule has 0 atom stereocenters. The first-order valence-corrected chi connectivity index (χ1v) is 4.99. The van der Waals surface area contributed by atoms with Crippen molar-refractivity contribution in [3.8, 4) is 0 Å². The lowest BCUT2D eigenvalue weighted by molar-refractivity contribution is 0.342. The van der Waals surface area contributed by atoms with Gasteiger partial charge in [0, 0.05) is 39.3 Å². The van der Waals surface area contributed by atoms with Gasteiger partial charge in [0.2, 0.25) is 0 Å². The molecule has 0 aromatic rings. The molecule has 1 heterocycles. The monoisotopic (exact) mass is 173 g/mol. The van der Waals surface area contributed by atoms with Gasteiger partial charge in [-0.1, -0.05) is 13.8 Å². The molecule has 1 aliphatic heterocycles. The van der Waals surface area contributed by atoms with Gasteiger partial charge in [-0.25, -0.2) is 0 Å². The van der Waals surface area contributed by atoms with Crippen LogP contribution in [0.5, 0.6) is 0 Å². The van der Waals surface area contributed by atoms with Crippen LogP contribution in [0.3, 0.4) is 0 Å².